The molecule has 6 heteroatoms. The standard InChI is InChI=1S/C23H28N2O3S/c1-17-14-18(2)16-24(15-17)23(26)20-9-11-21(12-10-20)29(27,28)25-13-5-7-19-6-3-4-8-22(19)25/h3-4,6,8-12,17-18H,5,7,13-16H2,1-2H3. The van der Waals surface area contributed by atoms with E-state index in [2.05, 4.69) is 13.8 Å². The van der Waals surface area contributed by atoms with Crippen LogP contribution in [0.1, 0.15) is 42.6 Å². The van der Waals surface area contributed by atoms with E-state index in [4.69, 9.17) is 0 Å². The minimum atomic E-state index is -3.65. The number of likely N-dealkylation sites (tertiary alicyclic amines) is 1. The molecule has 0 aromatic heterocycles. The Morgan fingerprint density at radius 3 is 2.31 bits per heavy atom. The van der Waals surface area contributed by atoms with E-state index in [0.717, 1.165) is 43.6 Å². The predicted octanol–water partition coefficient (Wildman–Crippen LogP) is 3.95. The summed E-state index contributed by atoms with van der Waals surface area (Å²) in [5.41, 5.74) is 2.36. The van der Waals surface area contributed by atoms with Gasteiger partial charge in [0.15, 0.2) is 0 Å². The molecule has 0 N–H and O–H groups in total. The van der Waals surface area contributed by atoms with Crippen molar-refractivity contribution in [3.63, 3.8) is 0 Å². The molecule has 0 spiro atoms. The molecule has 2 aliphatic rings. The lowest BCUT2D eigenvalue weighted by Gasteiger charge is -2.35. The van der Waals surface area contributed by atoms with Gasteiger partial charge >= 0.3 is 0 Å². The summed E-state index contributed by atoms with van der Waals surface area (Å²) in [5, 5.41) is 0. The second-order valence-electron chi connectivity index (χ2n) is 8.49. The first-order valence-electron chi connectivity index (χ1n) is 10.4. The molecule has 4 rings (SSSR count). The number of carbonyl (C=O) groups excluding carboxylic acids is 1. The van der Waals surface area contributed by atoms with Gasteiger partial charge in [-0.1, -0.05) is 32.0 Å². The number of carbonyl (C=O) groups is 1. The van der Waals surface area contributed by atoms with Gasteiger partial charge in [0.1, 0.15) is 0 Å². The maximum atomic E-state index is 13.2. The number of anilines is 1. The van der Waals surface area contributed by atoms with Gasteiger partial charge in [0.05, 0.1) is 10.6 Å². The highest BCUT2D eigenvalue weighted by molar-refractivity contribution is 7.92. The SMILES string of the molecule is CC1CC(C)CN(C(=O)c2ccc(S(=O)(=O)N3CCCc4ccccc43)cc2)C1. The molecule has 2 aromatic carbocycles. The van der Waals surface area contributed by atoms with Gasteiger partial charge in [-0.05, 0) is 67.0 Å². The van der Waals surface area contributed by atoms with Gasteiger partial charge in [0, 0.05) is 25.2 Å². The molecule has 2 unspecified atom stereocenters. The lowest BCUT2D eigenvalue weighted by molar-refractivity contribution is 0.0623. The van der Waals surface area contributed by atoms with Crippen LogP contribution in [0.3, 0.4) is 0 Å². The summed E-state index contributed by atoms with van der Waals surface area (Å²) >= 11 is 0. The van der Waals surface area contributed by atoms with Crippen LogP contribution >= 0.6 is 0 Å². The van der Waals surface area contributed by atoms with E-state index in [1.165, 1.54) is 4.31 Å². The lowest BCUT2D eigenvalue weighted by atomic mass is 9.91. The van der Waals surface area contributed by atoms with Crippen LogP contribution in [0, 0.1) is 11.8 Å². The van der Waals surface area contributed by atoms with Crippen LogP contribution in [0.15, 0.2) is 53.4 Å². The zero-order chi connectivity index (χ0) is 20.6. The van der Waals surface area contributed by atoms with Crippen LogP contribution in [0.4, 0.5) is 5.69 Å². The fourth-order valence-corrected chi connectivity index (χ4v) is 6.20. The Kier molecular flexibility index (Phi) is 5.38. The molecule has 2 atom stereocenters. The molecule has 1 fully saturated rings. The smallest absolute Gasteiger partial charge is 0.264 e. The van der Waals surface area contributed by atoms with Gasteiger partial charge < -0.3 is 4.90 Å². The Bertz CT molecular complexity index is 991. The van der Waals surface area contributed by atoms with Crippen LogP contribution in [0.2, 0.25) is 0 Å². The van der Waals surface area contributed by atoms with E-state index in [1.54, 1.807) is 24.3 Å². The fraction of sp³-hybridized carbons (Fsp3) is 0.435. The largest absolute Gasteiger partial charge is 0.338 e. The van der Waals surface area contributed by atoms with Gasteiger partial charge in [-0.2, -0.15) is 0 Å². The van der Waals surface area contributed by atoms with Crippen LogP contribution in [-0.2, 0) is 16.4 Å². The van der Waals surface area contributed by atoms with Crippen LogP contribution < -0.4 is 4.31 Å². The quantitative estimate of drug-likeness (QED) is 0.767. The van der Waals surface area contributed by atoms with Crippen LogP contribution in [-0.4, -0.2) is 38.9 Å². The summed E-state index contributed by atoms with van der Waals surface area (Å²) in [6.45, 7) is 6.33. The highest BCUT2D eigenvalue weighted by Gasteiger charge is 2.30. The van der Waals surface area contributed by atoms with Crippen LogP contribution in [0.5, 0.6) is 0 Å². The van der Waals surface area contributed by atoms with Gasteiger partial charge in [0.2, 0.25) is 0 Å². The molecular weight excluding hydrogens is 384 g/mol. The molecule has 0 saturated carbocycles. The third kappa shape index (κ3) is 3.90. The zero-order valence-corrected chi connectivity index (χ0v) is 17.9. The van der Waals surface area contributed by atoms with Gasteiger partial charge in [-0.15, -0.1) is 0 Å². The molecule has 1 saturated heterocycles. The van der Waals surface area contributed by atoms with Crippen LogP contribution in [0.25, 0.3) is 0 Å². The molecule has 2 heterocycles. The highest BCUT2D eigenvalue weighted by atomic mass is 32.2. The van der Waals surface area contributed by atoms with Crippen molar-refractivity contribution >= 4 is 21.6 Å². The maximum Gasteiger partial charge on any atom is 0.264 e. The predicted molar refractivity (Wildman–Crippen MR) is 115 cm³/mol. The van der Waals surface area contributed by atoms with Crippen molar-refractivity contribution in [2.45, 2.75) is 38.0 Å². The van der Waals surface area contributed by atoms with E-state index >= 15 is 0 Å². The Balaban J connectivity index is 1.57. The number of piperidine rings is 1. The van der Waals surface area contributed by atoms with Gasteiger partial charge in [-0.25, -0.2) is 8.42 Å². The van der Waals surface area contributed by atoms with E-state index in [9.17, 15) is 13.2 Å². The molecule has 0 radical (unpaired) electrons. The number of aryl methyl sites for hydroxylation is 1. The first kappa shape index (κ1) is 20.0. The Hall–Kier alpha value is -2.34. The average molecular weight is 413 g/mol. The van der Waals surface area contributed by atoms with Crippen molar-refractivity contribution in [2.75, 3.05) is 23.9 Å². The zero-order valence-electron chi connectivity index (χ0n) is 17.0. The molecule has 154 valence electrons. The summed E-state index contributed by atoms with van der Waals surface area (Å²) in [6, 6.07) is 14.1. The number of benzene rings is 2. The first-order valence-corrected chi connectivity index (χ1v) is 11.8. The second-order valence-corrected chi connectivity index (χ2v) is 10.4. The summed E-state index contributed by atoms with van der Waals surface area (Å²) in [6.07, 6.45) is 2.83. The normalized spacial score (nSPS) is 22.3. The summed E-state index contributed by atoms with van der Waals surface area (Å²) < 4.78 is 28.0. The number of hydrogen-bond donors (Lipinski definition) is 0. The monoisotopic (exact) mass is 412 g/mol. The summed E-state index contributed by atoms with van der Waals surface area (Å²) in [4.78, 5) is 15.0. The molecule has 1 amide bonds. The minimum absolute atomic E-state index is 0.0179. The fourth-order valence-electron chi connectivity index (χ4n) is 4.66. The maximum absolute atomic E-state index is 13.2. The number of nitrogens with zero attached hydrogens (tertiary/aromatic N) is 2. The number of rotatable bonds is 3. The van der Waals surface area contributed by atoms with Crippen molar-refractivity contribution < 1.29 is 13.2 Å². The van der Waals surface area contributed by atoms with E-state index in [0.29, 0.717) is 23.9 Å². The second kappa shape index (κ2) is 7.82. The lowest BCUT2D eigenvalue weighted by Crippen LogP contribution is -2.42. The number of hydrogen-bond acceptors (Lipinski definition) is 3. The Morgan fingerprint density at radius 2 is 1.62 bits per heavy atom. The van der Waals surface area contributed by atoms with Crippen molar-refractivity contribution in [3.05, 3.63) is 59.7 Å². The number of amides is 1. The molecule has 0 aliphatic carbocycles. The third-order valence-corrected chi connectivity index (χ3v) is 7.74. The Morgan fingerprint density at radius 1 is 0.966 bits per heavy atom. The molecule has 0 bridgehead atoms. The van der Waals surface area contributed by atoms with Crippen molar-refractivity contribution in [1.29, 1.82) is 0 Å². The molecule has 2 aliphatic heterocycles. The van der Waals surface area contributed by atoms with E-state index < -0.39 is 10.0 Å². The van der Waals surface area contributed by atoms with Crippen molar-refractivity contribution in [3.8, 4) is 0 Å². The number of sulfonamides is 1. The molecule has 29 heavy (non-hydrogen) atoms. The molecule has 5 nitrogen and oxygen atoms in total. The minimum Gasteiger partial charge on any atom is -0.338 e. The topological polar surface area (TPSA) is 57.7 Å². The number of fused-ring (bicyclic) bond motifs is 1. The van der Waals surface area contributed by atoms with Crippen molar-refractivity contribution in [2.24, 2.45) is 11.8 Å². The van der Waals surface area contributed by atoms with Gasteiger partial charge in [0.25, 0.3) is 15.9 Å². The van der Waals surface area contributed by atoms with E-state index in [1.807, 2.05) is 29.2 Å². The Labute approximate surface area is 173 Å². The van der Waals surface area contributed by atoms with E-state index in [-0.39, 0.29) is 10.8 Å². The summed E-state index contributed by atoms with van der Waals surface area (Å²) in [7, 11) is -3.65. The number of para-hydroxylation sites is 1. The average Bonchev–Trinajstić information content (AvgIpc) is 2.72. The summed E-state index contributed by atoms with van der Waals surface area (Å²) in [5.74, 6) is 0.957. The molecule has 2 aromatic rings. The first-order chi connectivity index (χ1) is 13.9. The molecular formula is C23H28N2O3S. The van der Waals surface area contributed by atoms with Crippen molar-refractivity contribution in [1.82, 2.24) is 4.90 Å². The van der Waals surface area contributed by atoms with Gasteiger partial charge in [-0.3, -0.25) is 9.10 Å². The third-order valence-electron chi connectivity index (χ3n) is 5.91. The highest BCUT2D eigenvalue weighted by Crippen LogP contribution is 2.32.